The summed E-state index contributed by atoms with van der Waals surface area (Å²) in [6.45, 7) is 5.04. The fraction of sp³-hybridized carbons (Fsp3) is 0.579. The molecule has 0 radical (unpaired) electrons. The Balaban J connectivity index is 2.07. The van der Waals surface area contributed by atoms with Gasteiger partial charge in [0.25, 0.3) is 11.6 Å². The molecular weight excluding hydrogens is 398 g/mol. The molecule has 1 saturated heterocycles. The number of likely N-dealkylation sites (tertiary alicyclic amines) is 1. The first-order valence-corrected chi connectivity index (χ1v) is 11.5. The summed E-state index contributed by atoms with van der Waals surface area (Å²) < 4.78 is 23.6. The molecule has 160 valence electrons. The van der Waals surface area contributed by atoms with Crippen molar-refractivity contribution in [1.29, 1.82) is 0 Å². The van der Waals surface area contributed by atoms with E-state index in [9.17, 15) is 28.1 Å². The topological polar surface area (TPSA) is 127 Å². The summed E-state index contributed by atoms with van der Waals surface area (Å²) in [5, 5.41) is 13.9. The molecule has 10 heteroatoms. The highest BCUT2D eigenvalue weighted by atomic mass is 32.2. The number of sulfone groups is 1. The fourth-order valence-electron chi connectivity index (χ4n) is 3.44. The van der Waals surface area contributed by atoms with E-state index in [-0.39, 0.29) is 28.3 Å². The number of nitro benzene ring substituents is 1. The lowest BCUT2D eigenvalue weighted by molar-refractivity contribution is -0.385. The van der Waals surface area contributed by atoms with E-state index in [0.717, 1.165) is 37.3 Å². The number of nitrogens with zero attached hydrogens (tertiary/aromatic N) is 2. The molecule has 1 aromatic rings. The number of carbonyl (C=O) groups is 2. The molecule has 1 heterocycles. The highest BCUT2D eigenvalue weighted by molar-refractivity contribution is 7.90. The van der Waals surface area contributed by atoms with E-state index >= 15 is 0 Å². The predicted molar refractivity (Wildman–Crippen MR) is 107 cm³/mol. The standard InChI is InChI=1S/C19H27N3O6S/c1-4-13(5-2)19(24)21-8-6-15(7-9-21)20-18(23)14-10-16(22(25)26)12-17(11-14)29(3,27)28/h10-13,15H,4-9H2,1-3H3,(H,20,23). The van der Waals surface area contributed by atoms with E-state index in [2.05, 4.69) is 5.32 Å². The minimum Gasteiger partial charge on any atom is -0.349 e. The van der Waals surface area contributed by atoms with Crippen LogP contribution in [0.1, 0.15) is 49.9 Å². The van der Waals surface area contributed by atoms with Crippen LogP contribution >= 0.6 is 0 Å². The van der Waals surface area contributed by atoms with Crippen molar-refractivity contribution in [3.63, 3.8) is 0 Å². The zero-order valence-electron chi connectivity index (χ0n) is 16.9. The van der Waals surface area contributed by atoms with Crippen LogP contribution in [0, 0.1) is 16.0 Å². The smallest absolute Gasteiger partial charge is 0.271 e. The maximum Gasteiger partial charge on any atom is 0.271 e. The van der Waals surface area contributed by atoms with Crippen LogP contribution in [0.5, 0.6) is 0 Å². The maximum atomic E-state index is 12.6. The van der Waals surface area contributed by atoms with E-state index in [1.807, 2.05) is 18.7 Å². The minimum absolute atomic E-state index is 0.0143. The van der Waals surface area contributed by atoms with Gasteiger partial charge in [0.2, 0.25) is 5.91 Å². The number of benzene rings is 1. The number of rotatable bonds is 7. The molecule has 2 amide bonds. The van der Waals surface area contributed by atoms with Crippen molar-refractivity contribution >= 4 is 27.3 Å². The van der Waals surface area contributed by atoms with E-state index in [1.165, 1.54) is 0 Å². The van der Waals surface area contributed by atoms with Gasteiger partial charge in [-0.25, -0.2) is 8.42 Å². The Labute approximate surface area is 170 Å². The molecule has 9 nitrogen and oxygen atoms in total. The molecular formula is C19H27N3O6S. The molecule has 0 unspecified atom stereocenters. The molecule has 1 aliphatic rings. The van der Waals surface area contributed by atoms with Gasteiger partial charge in [-0.1, -0.05) is 13.8 Å². The zero-order valence-corrected chi connectivity index (χ0v) is 17.7. The van der Waals surface area contributed by atoms with Gasteiger partial charge < -0.3 is 10.2 Å². The summed E-state index contributed by atoms with van der Waals surface area (Å²) in [5.41, 5.74) is -0.529. The first-order chi connectivity index (χ1) is 13.6. The van der Waals surface area contributed by atoms with Crippen molar-refractivity contribution in [1.82, 2.24) is 10.2 Å². The number of hydrogen-bond acceptors (Lipinski definition) is 6. The molecule has 1 fully saturated rings. The van der Waals surface area contributed by atoms with Crippen molar-refractivity contribution in [2.75, 3.05) is 19.3 Å². The van der Waals surface area contributed by atoms with Crippen molar-refractivity contribution in [2.45, 2.75) is 50.5 Å². The average Bonchev–Trinajstić information content (AvgIpc) is 2.68. The average molecular weight is 426 g/mol. The van der Waals surface area contributed by atoms with Crippen LogP contribution in [-0.4, -0.2) is 55.4 Å². The number of nitro groups is 1. The predicted octanol–water partition coefficient (Wildman–Crippen LogP) is 2.16. The number of nitrogens with one attached hydrogen (secondary N) is 1. The summed E-state index contributed by atoms with van der Waals surface area (Å²) in [5.74, 6) is -0.417. The molecule has 1 aromatic carbocycles. The monoisotopic (exact) mass is 425 g/mol. The lowest BCUT2D eigenvalue weighted by atomic mass is 9.98. The van der Waals surface area contributed by atoms with Crippen LogP contribution in [0.2, 0.25) is 0 Å². The van der Waals surface area contributed by atoms with Crippen LogP contribution in [0.25, 0.3) is 0 Å². The summed E-state index contributed by atoms with van der Waals surface area (Å²) in [6, 6.07) is 2.96. The summed E-state index contributed by atoms with van der Waals surface area (Å²) in [6.07, 6.45) is 3.67. The van der Waals surface area contributed by atoms with Crippen molar-refractivity contribution < 1.29 is 22.9 Å². The van der Waals surface area contributed by atoms with E-state index in [1.54, 1.807) is 0 Å². The Hall–Kier alpha value is -2.49. The third-order valence-electron chi connectivity index (χ3n) is 5.27. The minimum atomic E-state index is -3.71. The van der Waals surface area contributed by atoms with Crippen LogP contribution in [0.3, 0.4) is 0 Å². The van der Waals surface area contributed by atoms with Gasteiger partial charge in [-0.05, 0) is 31.7 Å². The van der Waals surface area contributed by atoms with Crippen molar-refractivity contribution in [3.05, 3.63) is 33.9 Å². The summed E-state index contributed by atoms with van der Waals surface area (Å²) >= 11 is 0. The SMILES string of the molecule is CCC(CC)C(=O)N1CCC(NC(=O)c2cc([N+](=O)[O-])cc(S(C)(=O)=O)c2)CC1. The van der Waals surface area contributed by atoms with E-state index in [4.69, 9.17) is 0 Å². The number of non-ortho nitro benzene ring substituents is 1. The highest BCUT2D eigenvalue weighted by Crippen LogP contribution is 2.22. The first kappa shape index (κ1) is 22.8. The van der Waals surface area contributed by atoms with Crippen molar-refractivity contribution in [3.8, 4) is 0 Å². The van der Waals surface area contributed by atoms with Gasteiger partial charge >= 0.3 is 0 Å². The lowest BCUT2D eigenvalue weighted by Crippen LogP contribution is -2.48. The van der Waals surface area contributed by atoms with Crippen LogP contribution in [0.15, 0.2) is 23.1 Å². The van der Waals surface area contributed by atoms with Gasteiger partial charge in [-0.2, -0.15) is 0 Å². The van der Waals surface area contributed by atoms with Crippen LogP contribution in [-0.2, 0) is 14.6 Å². The Bertz CT molecular complexity index is 887. The van der Waals surface area contributed by atoms with Gasteiger partial charge in [0.1, 0.15) is 0 Å². The van der Waals surface area contributed by atoms with Gasteiger partial charge in [0.05, 0.1) is 9.82 Å². The summed E-state index contributed by atoms with van der Waals surface area (Å²) in [4.78, 5) is 36.9. The molecule has 1 aliphatic heterocycles. The summed E-state index contributed by atoms with van der Waals surface area (Å²) in [7, 11) is -3.71. The molecule has 1 N–H and O–H groups in total. The van der Waals surface area contributed by atoms with Crippen LogP contribution < -0.4 is 5.32 Å². The fourth-order valence-corrected chi connectivity index (χ4v) is 4.12. The Morgan fingerprint density at radius 1 is 1.21 bits per heavy atom. The third-order valence-corrected chi connectivity index (χ3v) is 6.36. The lowest BCUT2D eigenvalue weighted by Gasteiger charge is -2.34. The maximum absolute atomic E-state index is 12.6. The molecule has 0 spiro atoms. The normalized spacial score (nSPS) is 15.4. The molecule has 2 rings (SSSR count). The second-order valence-corrected chi connectivity index (χ2v) is 9.35. The molecule has 0 atom stereocenters. The third kappa shape index (κ3) is 5.75. The number of hydrogen-bond donors (Lipinski definition) is 1. The van der Waals surface area contributed by atoms with E-state index < -0.39 is 26.4 Å². The molecule has 29 heavy (non-hydrogen) atoms. The molecule has 0 aromatic heterocycles. The number of piperidine rings is 1. The first-order valence-electron chi connectivity index (χ1n) is 9.66. The van der Waals surface area contributed by atoms with E-state index in [0.29, 0.717) is 25.9 Å². The second-order valence-electron chi connectivity index (χ2n) is 7.33. The van der Waals surface area contributed by atoms with Crippen molar-refractivity contribution in [2.24, 2.45) is 5.92 Å². The Morgan fingerprint density at radius 2 is 1.79 bits per heavy atom. The van der Waals surface area contributed by atoms with Gasteiger partial charge in [0.15, 0.2) is 9.84 Å². The van der Waals surface area contributed by atoms with Gasteiger partial charge in [-0.3, -0.25) is 19.7 Å². The molecule has 0 aliphatic carbocycles. The Morgan fingerprint density at radius 3 is 2.28 bits per heavy atom. The largest absolute Gasteiger partial charge is 0.349 e. The zero-order chi connectivity index (χ0) is 21.8. The second kappa shape index (κ2) is 9.34. The number of carbonyl (C=O) groups excluding carboxylic acids is 2. The highest BCUT2D eigenvalue weighted by Gasteiger charge is 2.28. The quantitative estimate of drug-likeness (QED) is 0.527. The van der Waals surface area contributed by atoms with Gasteiger partial charge in [-0.15, -0.1) is 0 Å². The Kier molecular flexibility index (Phi) is 7.34. The molecule has 0 saturated carbocycles. The van der Waals surface area contributed by atoms with Crippen LogP contribution in [0.4, 0.5) is 5.69 Å². The molecule has 0 bridgehead atoms. The number of amides is 2. The van der Waals surface area contributed by atoms with Gasteiger partial charge in [0, 0.05) is 49.0 Å².